The Morgan fingerprint density at radius 3 is 1.74 bits per heavy atom. The fourth-order valence-corrected chi connectivity index (χ4v) is 3.34. The Morgan fingerprint density at radius 1 is 0.741 bits per heavy atom. The summed E-state index contributed by atoms with van der Waals surface area (Å²) >= 11 is 0. The highest BCUT2D eigenvalue weighted by Gasteiger charge is 2.17. The highest BCUT2D eigenvalue weighted by atomic mass is 15.3. The molecule has 0 amide bonds. The van der Waals surface area contributed by atoms with Gasteiger partial charge in [0, 0.05) is 24.5 Å². The van der Waals surface area contributed by atoms with Gasteiger partial charge >= 0.3 is 0 Å². The molecule has 1 fully saturated rings. The van der Waals surface area contributed by atoms with Crippen molar-refractivity contribution in [3.8, 4) is 0 Å². The molecule has 2 rings (SSSR count). The smallest absolute Gasteiger partial charge is 0.225 e. The molecular weight excluding hydrogens is 330 g/mol. The molecule has 156 valence electrons. The van der Waals surface area contributed by atoms with E-state index in [1.54, 1.807) is 0 Å². The van der Waals surface area contributed by atoms with Crippen molar-refractivity contribution in [1.82, 2.24) is 9.97 Å². The van der Waals surface area contributed by atoms with Gasteiger partial charge in [-0.15, -0.1) is 0 Å². The molecule has 0 N–H and O–H groups in total. The van der Waals surface area contributed by atoms with Crippen LogP contribution >= 0.6 is 0 Å². The molecule has 1 aliphatic heterocycles. The monoisotopic (exact) mass is 375 g/mol. The Balaban J connectivity index is 0.000000387. The number of aryl methyl sites for hydroxylation is 2. The number of nitrogens with zero attached hydrogens (tertiary/aromatic N) is 3. The SMILES string of the molecule is CCCCCCCC.CCCCCCCCc1cc(C)nc(N2CCC2)n1. The van der Waals surface area contributed by atoms with Crippen LogP contribution in [0.5, 0.6) is 0 Å². The summed E-state index contributed by atoms with van der Waals surface area (Å²) in [5, 5.41) is 0. The quantitative estimate of drug-likeness (QED) is 0.340. The second-order valence-corrected chi connectivity index (χ2v) is 8.07. The predicted molar refractivity (Wildman–Crippen MR) is 120 cm³/mol. The summed E-state index contributed by atoms with van der Waals surface area (Å²) in [7, 11) is 0. The summed E-state index contributed by atoms with van der Waals surface area (Å²) in [5.74, 6) is 0.951. The van der Waals surface area contributed by atoms with Gasteiger partial charge in [-0.05, 0) is 32.3 Å². The first-order chi connectivity index (χ1) is 13.2. The van der Waals surface area contributed by atoms with Gasteiger partial charge in [0.2, 0.25) is 5.95 Å². The van der Waals surface area contributed by atoms with Crippen LogP contribution in [0.4, 0.5) is 5.95 Å². The largest absolute Gasteiger partial charge is 0.341 e. The summed E-state index contributed by atoms with van der Waals surface area (Å²) in [6, 6.07) is 2.15. The van der Waals surface area contributed by atoms with Crippen LogP contribution in [0.15, 0.2) is 6.07 Å². The van der Waals surface area contributed by atoms with Crippen LogP contribution in [-0.2, 0) is 6.42 Å². The number of rotatable bonds is 13. The summed E-state index contributed by atoms with van der Waals surface area (Å²) in [6.07, 6.45) is 18.9. The van der Waals surface area contributed by atoms with Gasteiger partial charge in [0.25, 0.3) is 0 Å². The van der Waals surface area contributed by atoms with Gasteiger partial charge in [-0.3, -0.25) is 0 Å². The summed E-state index contributed by atoms with van der Waals surface area (Å²) in [6.45, 7) is 11.1. The van der Waals surface area contributed by atoms with Crippen molar-refractivity contribution in [2.24, 2.45) is 0 Å². The Morgan fingerprint density at radius 2 is 1.26 bits per heavy atom. The molecular formula is C24H45N3. The third kappa shape index (κ3) is 11.3. The van der Waals surface area contributed by atoms with Crippen LogP contribution in [0.25, 0.3) is 0 Å². The van der Waals surface area contributed by atoms with Crippen molar-refractivity contribution < 1.29 is 0 Å². The van der Waals surface area contributed by atoms with E-state index in [9.17, 15) is 0 Å². The zero-order valence-corrected chi connectivity index (χ0v) is 18.7. The first-order valence-corrected chi connectivity index (χ1v) is 11.8. The van der Waals surface area contributed by atoms with E-state index in [0.717, 1.165) is 31.2 Å². The van der Waals surface area contributed by atoms with E-state index >= 15 is 0 Å². The van der Waals surface area contributed by atoms with Gasteiger partial charge < -0.3 is 4.90 Å². The fraction of sp³-hybridized carbons (Fsp3) is 0.833. The van der Waals surface area contributed by atoms with Crippen LogP contribution in [-0.4, -0.2) is 23.1 Å². The van der Waals surface area contributed by atoms with Gasteiger partial charge in [-0.1, -0.05) is 91.4 Å². The zero-order valence-electron chi connectivity index (χ0n) is 18.7. The fourth-order valence-electron chi connectivity index (χ4n) is 3.34. The molecule has 1 aromatic heterocycles. The minimum atomic E-state index is 0.951. The topological polar surface area (TPSA) is 29.0 Å². The second kappa shape index (κ2) is 15.9. The highest BCUT2D eigenvalue weighted by Crippen LogP contribution is 2.18. The summed E-state index contributed by atoms with van der Waals surface area (Å²) < 4.78 is 0. The molecule has 3 nitrogen and oxygen atoms in total. The lowest BCUT2D eigenvalue weighted by Crippen LogP contribution is -2.38. The predicted octanol–water partition coefficient (Wildman–Crippen LogP) is 7.26. The standard InChI is InChI=1S/C16H27N3.C8H18/c1-3-4-5-6-7-8-10-15-13-14(2)17-16(18-15)19-11-9-12-19;1-3-5-7-8-6-4-2/h13H,3-12H2,1-2H3;3-8H2,1-2H3. The van der Waals surface area contributed by atoms with Gasteiger partial charge in [0.15, 0.2) is 0 Å². The molecule has 0 spiro atoms. The molecule has 3 heteroatoms. The molecule has 2 heterocycles. The molecule has 27 heavy (non-hydrogen) atoms. The van der Waals surface area contributed by atoms with E-state index in [1.807, 2.05) is 0 Å². The Labute approximate surface area is 169 Å². The van der Waals surface area contributed by atoms with Crippen molar-refractivity contribution in [3.05, 3.63) is 17.5 Å². The van der Waals surface area contributed by atoms with Crippen LogP contribution < -0.4 is 4.90 Å². The van der Waals surface area contributed by atoms with E-state index in [2.05, 4.69) is 43.6 Å². The van der Waals surface area contributed by atoms with E-state index in [1.165, 1.54) is 89.2 Å². The van der Waals surface area contributed by atoms with Crippen LogP contribution in [0.3, 0.4) is 0 Å². The molecule has 1 aliphatic rings. The van der Waals surface area contributed by atoms with E-state index in [-0.39, 0.29) is 0 Å². The number of hydrogen-bond acceptors (Lipinski definition) is 3. The highest BCUT2D eigenvalue weighted by molar-refractivity contribution is 5.34. The first-order valence-electron chi connectivity index (χ1n) is 11.8. The average molecular weight is 376 g/mol. The van der Waals surface area contributed by atoms with Gasteiger partial charge in [-0.25, -0.2) is 9.97 Å². The van der Waals surface area contributed by atoms with Crippen molar-refractivity contribution in [2.75, 3.05) is 18.0 Å². The molecule has 0 unspecified atom stereocenters. The molecule has 0 aromatic carbocycles. The minimum Gasteiger partial charge on any atom is -0.341 e. The Bertz CT molecular complexity index is 463. The van der Waals surface area contributed by atoms with Gasteiger partial charge in [0.1, 0.15) is 0 Å². The number of hydrogen-bond donors (Lipinski definition) is 0. The molecule has 0 radical (unpaired) electrons. The molecule has 0 atom stereocenters. The van der Waals surface area contributed by atoms with E-state index in [0.29, 0.717) is 0 Å². The van der Waals surface area contributed by atoms with Crippen LogP contribution in [0.1, 0.15) is 116 Å². The Kier molecular flexibility index (Phi) is 14.1. The molecule has 0 bridgehead atoms. The van der Waals surface area contributed by atoms with Gasteiger partial charge in [-0.2, -0.15) is 0 Å². The lowest BCUT2D eigenvalue weighted by molar-refractivity contribution is 0.589. The summed E-state index contributed by atoms with van der Waals surface area (Å²) in [4.78, 5) is 11.5. The van der Waals surface area contributed by atoms with Crippen LogP contribution in [0, 0.1) is 6.92 Å². The van der Waals surface area contributed by atoms with Crippen molar-refractivity contribution >= 4 is 5.95 Å². The third-order valence-corrected chi connectivity index (χ3v) is 5.28. The Hall–Kier alpha value is -1.12. The van der Waals surface area contributed by atoms with Gasteiger partial charge in [0.05, 0.1) is 0 Å². The van der Waals surface area contributed by atoms with Crippen molar-refractivity contribution in [2.45, 2.75) is 118 Å². The zero-order chi connectivity index (χ0) is 19.7. The second-order valence-electron chi connectivity index (χ2n) is 8.07. The molecule has 0 aliphatic carbocycles. The molecule has 1 aromatic rings. The maximum atomic E-state index is 4.70. The first kappa shape index (κ1) is 23.9. The number of unbranched alkanes of at least 4 members (excludes halogenated alkanes) is 10. The lowest BCUT2D eigenvalue weighted by atomic mass is 10.1. The summed E-state index contributed by atoms with van der Waals surface area (Å²) in [5.41, 5.74) is 2.34. The minimum absolute atomic E-state index is 0.951. The van der Waals surface area contributed by atoms with Crippen molar-refractivity contribution in [1.29, 1.82) is 0 Å². The maximum Gasteiger partial charge on any atom is 0.225 e. The van der Waals surface area contributed by atoms with E-state index in [4.69, 9.17) is 4.98 Å². The number of anilines is 1. The molecule has 0 saturated carbocycles. The normalized spacial score (nSPS) is 13.1. The van der Waals surface area contributed by atoms with Crippen LogP contribution in [0.2, 0.25) is 0 Å². The third-order valence-electron chi connectivity index (χ3n) is 5.28. The van der Waals surface area contributed by atoms with Crippen molar-refractivity contribution in [3.63, 3.8) is 0 Å². The average Bonchev–Trinajstić information content (AvgIpc) is 2.60. The number of aromatic nitrogens is 2. The molecule has 1 saturated heterocycles. The van der Waals surface area contributed by atoms with E-state index < -0.39 is 0 Å². The lowest BCUT2D eigenvalue weighted by Gasteiger charge is -2.31. The maximum absolute atomic E-state index is 4.70.